The predicted molar refractivity (Wildman–Crippen MR) is 105 cm³/mol. The van der Waals surface area contributed by atoms with E-state index in [1.807, 2.05) is 4.90 Å². The van der Waals surface area contributed by atoms with Crippen molar-refractivity contribution in [2.45, 2.75) is 44.6 Å². The van der Waals surface area contributed by atoms with Crippen molar-refractivity contribution in [3.63, 3.8) is 0 Å². The van der Waals surface area contributed by atoms with Crippen molar-refractivity contribution in [1.82, 2.24) is 14.9 Å². The van der Waals surface area contributed by atoms with Gasteiger partial charge in [-0.1, -0.05) is 0 Å². The van der Waals surface area contributed by atoms with Crippen LogP contribution in [0.2, 0.25) is 0 Å². The van der Waals surface area contributed by atoms with Crippen LogP contribution in [0.25, 0.3) is 0 Å². The molecule has 28 heavy (non-hydrogen) atoms. The van der Waals surface area contributed by atoms with Crippen LogP contribution in [0.5, 0.6) is 0 Å². The van der Waals surface area contributed by atoms with Gasteiger partial charge in [-0.15, -0.1) is 0 Å². The summed E-state index contributed by atoms with van der Waals surface area (Å²) in [6.07, 6.45) is 7.20. The van der Waals surface area contributed by atoms with E-state index in [9.17, 15) is 9.18 Å². The largest absolute Gasteiger partial charge is 0.376 e. The van der Waals surface area contributed by atoms with Crippen molar-refractivity contribution in [2.75, 3.05) is 56.7 Å². The van der Waals surface area contributed by atoms with Crippen LogP contribution in [0.1, 0.15) is 38.5 Å². The number of amides is 1. The molecule has 1 atom stereocenters. The van der Waals surface area contributed by atoms with Gasteiger partial charge < -0.3 is 19.4 Å². The predicted octanol–water partition coefficient (Wildman–Crippen LogP) is 2.07. The average Bonchev–Trinajstić information content (AvgIpc) is 3.19. The van der Waals surface area contributed by atoms with Gasteiger partial charge in [-0.05, 0) is 37.5 Å². The smallest absolute Gasteiger partial charge is 0.227 e. The standard InChI is InChI=1S/C20H30FN5O2/c1-24(2)18-16(21)12-22-19(23-18)25-9-7-20(8-10-25)6-5-17(27)26(14-20)13-15-4-3-11-28-15/h12,15H,3-11,13-14H2,1-2H3/t15-/m0/s1. The van der Waals surface area contributed by atoms with E-state index in [1.165, 1.54) is 6.20 Å². The summed E-state index contributed by atoms with van der Waals surface area (Å²) in [5.41, 5.74) is 0.174. The number of ether oxygens (including phenoxy) is 1. The van der Waals surface area contributed by atoms with Gasteiger partial charge in [0.05, 0.1) is 12.3 Å². The number of carbonyl (C=O) groups excluding carboxylic acids is 1. The molecule has 1 aromatic heterocycles. The Labute approximate surface area is 165 Å². The molecule has 0 aliphatic carbocycles. The summed E-state index contributed by atoms with van der Waals surface area (Å²) in [6, 6.07) is 0. The molecule has 3 aliphatic heterocycles. The lowest BCUT2D eigenvalue weighted by Crippen LogP contribution is -2.53. The molecule has 0 aromatic carbocycles. The fourth-order valence-corrected chi connectivity index (χ4v) is 4.71. The molecule has 1 aromatic rings. The molecule has 0 N–H and O–H groups in total. The normalized spacial score (nSPS) is 24.8. The Balaban J connectivity index is 1.40. The van der Waals surface area contributed by atoms with Crippen molar-refractivity contribution < 1.29 is 13.9 Å². The highest BCUT2D eigenvalue weighted by molar-refractivity contribution is 5.77. The number of nitrogens with zero attached hydrogens (tertiary/aromatic N) is 5. The van der Waals surface area contributed by atoms with E-state index in [-0.39, 0.29) is 17.4 Å². The van der Waals surface area contributed by atoms with Crippen LogP contribution in [-0.4, -0.2) is 73.8 Å². The first-order valence-electron chi connectivity index (χ1n) is 10.3. The lowest BCUT2D eigenvalue weighted by atomic mass is 9.72. The molecule has 0 radical (unpaired) electrons. The Bertz CT molecular complexity index is 715. The van der Waals surface area contributed by atoms with Gasteiger partial charge >= 0.3 is 0 Å². The van der Waals surface area contributed by atoms with Crippen molar-refractivity contribution in [2.24, 2.45) is 5.41 Å². The van der Waals surface area contributed by atoms with Crippen molar-refractivity contribution in [3.8, 4) is 0 Å². The first kappa shape index (κ1) is 19.4. The quantitative estimate of drug-likeness (QED) is 0.783. The Morgan fingerprint density at radius 1 is 1.32 bits per heavy atom. The van der Waals surface area contributed by atoms with Crippen LogP contribution in [0, 0.1) is 11.2 Å². The Morgan fingerprint density at radius 2 is 2.11 bits per heavy atom. The first-order chi connectivity index (χ1) is 13.5. The third-order valence-corrected chi connectivity index (χ3v) is 6.44. The monoisotopic (exact) mass is 391 g/mol. The zero-order chi connectivity index (χ0) is 19.7. The number of hydrogen-bond donors (Lipinski definition) is 0. The minimum atomic E-state index is -0.405. The average molecular weight is 391 g/mol. The molecule has 154 valence electrons. The second kappa shape index (κ2) is 7.81. The third kappa shape index (κ3) is 3.92. The molecular weight excluding hydrogens is 361 g/mol. The molecule has 1 spiro atoms. The van der Waals surface area contributed by atoms with Gasteiger partial charge in [0, 0.05) is 53.3 Å². The summed E-state index contributed by atoms with van der Waals surface area (Å²) < 4.78 is 19.6. The number of rotatable bonds is 4. The summed E-state index contributed by atoms with van der Waals surface area (Å²) in [4.78, 5) is 26.9. The number of hydrogen-bond acceptors (Lipinski definition) is 6. The van der Waals surface area contributed by atoms with Gasteiger partial charge in [0.15, 0.2) is 11.6 Å². The molecule has 1 amide bonds. The van der Waals surface area contributed by atoms with Gasteiger partial charge in [0.1, 0.15) is 0 Å². The minimum absolute atomic E-state index is 0.174. The molecule has 0 saturated carbocycles. The van der Waals surface area contributed by atoms with Crippen LogP contribution >= 0.6 is 0 Å². The van der Waals surface area contributed by atoms with Gasteiger partial charge in [-0.2, -0.15) is 4.98 Å². The van der Waals surface area contributed by atoms with E-state index in [1.54, 1.807) is 19.0 Å². The first-order valence-corrected chi connectivity index (χ1v) is 10.3. The van der Waals surface area contributed by atoms with Crippen molar-refractivity contribution in [1.29, 1.82) is 0 Å². The maximum absolute atomic E-state index is 13.9. The molecule has 4 heterocycles. The second-order valence-corrected chi connectivity index (χ2v) is 8.63. The van der Waals surface area contributed by atoms with E-state index < -0.39 is 5.82 Å². The minimum Gasteiger partial charge on any atom is -0.376 e. The van der Waals surface area contributed by atoms with E-state index >= 15 is 0 Å². The van der Waals surface area contributed by atoms with E-state index in [0.717, 1.165) is 64.9 Å². The number of piperidine rings is 2. The number of anilines is 2. The highest BCUT2D eigenvalue weighted by Crippen LogP contribution is 2.41. The molecule has 3 saturated heterocycles. The van der Waals surface area contributed by atoms with E-state index in [2.05, 4.69) is 14.9 Å². The molecule has 3 aliphatic rings. The fourth-order valence-electron chi connectivity index (χ4n) is 4.71. The van der Waals surface area contributed by atoms with Crippen molar-refractivity contribution in [3.05, 3.63) is 12.0 Å². The van der Waals surface area contributed by atoms with Crippen LogP contribution in [0.4, 0.5) is 16.2 Å². The molecule has 3 fully saturated rings. The summed E-state index contributed by atoms with van der Waals surface area (Å²) in [5.74, 6) is 0.762. The lowest BCUT2D eigenvalue weighted by Gasteiger charge is -2.47. The van der Waals surface area contributed by atoms with Gasteiger partial charge in [0.25, 0.3) is 0 Å². The molecule has 0 unspecified atom stereocenters. The van der Waals surface area contributed by atoms with Crippen LogP contribution < -0.4 is 9.80 Å². The Hall–Kier alpha value is -1.96. The SMILES string of the molecule is CN(C)c1nc(N2CCC3(CCC(=O)N(C[C@@H]4CCCO4)C3)CC2)ncc1F. The summed E-state index contributed by atoms with van der Waals surface area (Å²) in [6.45, 7) is 4.05. The second-order valence-electron chi connectivity index (χ2n) is 8.63. The van der Waals surface area contributed by atoms with E-state index in [0.29, 0.717) is 18.2 Å². The topological polar surface area (TPSA) is 61.8 Å². The number of likely N-dealkylation sites (tertiary alicyclic amines) is 1. The number of carbonyl (C=O) groups is 1. The zero-order valence-electron chi connectivity index (χ0n) is 16.9. The maximum Gasteiger partial charge on any atom is 0.227 e. The Kier molecular flexibility index (Phi) is 5.40. The highest BCUT2D eigenvalue weighted by Gasteiger charge is 2.42. The van der Waals surface area contributed by atoms with E-state index in [4.69, 9.17) is 4.74 Å². The van der Waals surface area contributed by atoms with Crippen LogP contribution in [0.15, 0.2) is 6.20 Å². The van der Waals surface area contributed by atoms with Gasteiger partial charge in [-0.3, -0.25) is 4.79 Å². The summed E-state index contributed by atoms with van der Waals surface area (Å²) in [5, 5.41) is 0. The van der Waals surface area contributed by atoms with Crippen LogP contribution in [0.3, 0.4) is 0 Å². The third-order valence-electron chi connectivity index (χ3n) is 6.44. The Morgan fingerprint density at radius 3 is 2.79 bits per heavy atom. The van der Waals surface area contributed by atoms with Crippen LogP contribution in [-0.2, 0) is 9.53 Å². The lowest BCUT2D eigenvalue weighted by molar-refractivity contribution is -0.140. The fraction of sp³-hybridized carbons (Fsp3) is 0.750. The summed E-state index contributed by atoms with van der Waals surface area (Å²) in [7, 11) is 3.56. The van der Waals surface area contributed by atoms with Gasteiger partial charge in [0.2, 0.25) is 11.9 Å². The highest BCUT2D eigenvalue weighted by atomic mass is 19.1. The number of aromatic nitrogens is 2. The molecule has 8 heteroatoms. The molecule has 0 bridgehead atoms. The molecule has 7 nitrogen and oxygen atoms in total. The van der Waals surface area contributed by atoms with Gasteiger partial charge in [-0.25, -0.2) is 9.37 Å². The maximum atomic E-state index is 13.9. The summed E-state index contributed by atoms with van der Waals surface area (Å²) >= 11 is 0. The molecule has 4 rings (SSSR count). The zero-order valence-corrected chi connectivity index (χ0v) is 16.9. The molecular formula is C20H30FN5O2. The van der Waals surface area contributed by atoms with Crippen molar-refractivity contribution >= 4 is 17.7 Å². The number of halogens is 1.